The van der Waals surface area contributed by atoms with Crippen molar-refractivity contribution in [3.8, 4) is 11.5 Å². The Morgan fingerprint density at radius 2 is 1.74 bits per heavy atom. The fourth-order valence-corrected chi connectivity index (χ4v) is 4.90. The van der Waals surface area contributed by atoms with Gasteiger partial charge >= 0.3 is 6.36 Å². The van der Waals surface area contributed by atoms with Crippen LogP contribution in [0.15, 0.2) is 67.0 Å². The Morgan fingerprint density at radius 3 is 2.46 bits per heavy atom. The van der Waals surface area contributed by atoms with Gasteiger partial charge in [0.2, 0.25) is 0 Å². The molecule has 3 heterocycles. The van der Waals surface area contributed by atoms with Gasteiger partial charge in [0.25, 0.3) is 5.91 Å². The van der Waals surface area contributed by atoms with E-state index in [9.17, 15) is 18.0 Å². The molecule has 204 valence electrons. The van der Waals surface area contributed by atoms with Crippen molar-refractivity contribution in [3.05, 3.63) is 89.2 Å². The number of rotatable bonds is 7. The number of piperidine rings is 1. The maximum absolute atomic E-state index is 12.8. The molecule has 2 aromatic carbocycles. The minimum absolute atomic E-state index is 0.0218. The van der Waals surface area contributed by atoms with Crippen molar-refractivity contribution >= 4 is 17.1 Å². The van der Waals surface area contributed by atoms with Crippen molar-refractivity contribution < 1.29 is 27.4 Å². The SMILES string of the molecule is Cc1cc(N2CCC(Oc3ccc(OC(F)(F)F)cc3)CC2)c(C)cc1CNC(=O)c1cnn2ccccc12. The number of nitrogens with zero attached hydrogens (tertiary/aromatic N) is 3. The van der Waals surface area contributed by atoms with Gasteiger partial charge in [-0.25, -0.2) is 4.52 Å². The van der Waals surface area contributed by atoms with E-state index < -0.39 is 6.36 Å². The number of alkyl halides is 3. The topological polar surface area (TPSA) is 68.1 Å². The molecule has 0 aliphatic carbocycles. The largest absolute Gasteiger partial charge is 0.573 e. The number of halogens is 3. The molecule has 1 saturated heterocycles. The van der Waals surface area contributed by atoms with Gasteiger partial charge in [0.15, 0.2) is 0 Å². The predicted molar refractivity (Wildman–Crippen MR) is 141 cm³/mol. The van der Waals surface area contributed by atoms with Crippen molar-refractivity contribution in [2.75, 3.05) is 18.0 Å². The van der Waals surface area contributed by atoms with Gasteiger partial charge in [-0.1, -0.05) is 12.1 Å². The molecule has 1 fully saturated rings. The zero-order valence-corrected chi connectivity index (χ0v) is 21.7. The first-order valence-electron chi connectivity index (χ1n) is 12.7. The number of anilines is 1. The van der Waals surface area contributed by atoms with Crippen LogP contribution < -0.4 is 19.7 Å². The van der Waals surface area contributed by atoms with Gasteiger partial charge in [-0.3, -0.25) is 4.79 Å². The van der Waals surface area contributed by atoms with Crippen molar-refractivity contribution in [2.24, 2.45) is 0 Å². The minimum atomic E-state index is -4.71. The smallest absolute Gasteiger partial charge is 0.490 e. The third kappa shape index (κ3) is 6.27. The molecule has 5 rings (SSSR count). The molecular weight excluding hydrogens is 509 g/mol. The molecule has 0 saturated carbocycles. The van der Waals surface area contributed by atoms with Crippen LogP contribution in [0.1, 0.15) is 39.9 Å². The highest BCUT2D eigenvalue weighted by atomic mass is 19.4. The second-order valence-corrected chi connectivity index (χ2v) is 9.66. The highest BCUT2D eigenvalue weighted by molar-refractivity contribution is 6.00. The minimum Gasteiger partial charge on any atom is -0.490 e. The molecule has 0 spiro atoms. The van der Waals surface area contributed by atoms with E-state index in [0.717, 1.165) is 53.8 Å². The number of aromatic nitrogens is 2. The lowest BCUT2D eigenvalue weighted by Gasteiger charge is -2.35. The zero-order valence-electron chi connectivity index (χ0n) is 21.7. The highest BCUT2D eigenvalue weighted by Crippen LogP contribution is 2.30. The number of aryl methyl sites for hydroxylation is 2. The van der Waals surface area contributed by atoms with Crippen LogP contribution in [0.5, 0.6) is 11.5 Å². The molecule has 1 aliphatic heterocycles. The maximum atomic E-state index is 12.8. The van der Waals surface area contributed by atoms with Crippen LogP contribution in [-0.2, 0) is 6.54 Å². The monoisotopic (exact) mass is 538 g/mol. The lowest BCUT2D eigenvalue weighted by atomic mass is 10.00. The fraction of sp³-hybridized carbons (Fsp3) is 0.310. The number of ether oxygens (including phenoxy) is 2. The molecular formula is C29H29F3N4O3. The molecule has 1 aliphatic rings. The van der Waals surface area contributed by atoms with Crippen molar-refractivity contribution in [1.82, 2.24) is 14.9 Å². The van der Waals surface area contributed by atoms with E-state index in [1.807, 2.05) is 31.3 Å². The van der Waals surface area contributed by atoms with Crippen molar-refractivity contribution in [2.45, 2.75) is 45.7 Å². The molecule has 1 amide bonds. The van der Waals surface area contributed by atoms with Crippen LogP contribution in [0.4, 0.5) is 18.9 Å². The number of benzene rings is 2. The molecule has 1 N–H and O–H groups in total. The maximum Gasteiger partial charge on any atom is 0.573 e. The molecule has 4 aromatic rings. The fourth-order valence-electron chi connectivity index (χ4n) is 4.90. The Morgan fingerprint density at radius 1 is 1.03 bits per heavy atom. The number of carbonyl (C=O) groups excluding carboxylic acids is 1. The van der Waals surface area contributed by atoms with E-state index >= 15 is 0 Å². The third-order valence-corrected chi connectivity index (χ3v) is 6.91. The number of nitrogens with one attached hydrogen (secondary N) is 1. The summed E-state index contributed by atoms with van der Waals surface area (Å²) < 4.78 is 48.7. The van der Waals surface area contributed by atoms with E-state index in [1.54, 1.807) is 10.7 Å². The summed E-state index contributed by atoms with van der Waals surface area (Å²) >= 11 is 0. The lowest BCUT2D eigenvalue weighted by Crippen LogP contribution is -2.38. The quantitative estimate of drug-likeness (QED) is 0.321. The van der Waals surface area contributed by atoms with Gasteiger partial charge in [0.1, 0.15) is 17.6 Å². The Labute approximate surface area is 224 Å². The Bertz CT molecular complexity index is 1460. The van der Waals surface area contributed by atoms with Gasteiger partial charge < -0.3 is 19.7 Å². The van der Waals surface area contributed by atoms with Crippen LogP contribution in [0.3, 0.4) is 0 Å². The Balaban J connectivity index is 1.16. The zero-order chi connectivity index (χ0) is 27.6. The average Bonchev–Trinajstić information content (AvgIpc) is 3.34. The van der Waals surface area contributed by atoms with Crippen LogP contribution in [-0.4, -0.2) is 41.1 Å². The molecule has 2 aromatic heterocycles. The normalized spacial score (nSPS) is 14.4. The van der Waals surface area contributed by atoms with Crippen molar-refractivity contribution in [1.29, 1.82) is 0 Å². The van der Waals surface area contributed by atoms with E-state index in [0.29, 0.717) is 17.9 Å². The predicted octanol–water partition coefficient (Wildman–Crippen LogP) is 5.83. The van der Waals surface area contributed by atoms with Crippen LogP contribution in [0, 0.1) is 13.8 Å². The summed E-state index contributed by atoms with van der Waals surface area (Å²) in [7, 11) is 0. The van der Waals surface area contributed by atoms with E-state index in [4.69, 9.17) is 4.74 Å². The standard InChI is InChI=1S/C29H29F3N4O3/c1-19-16-27(20(2)15-21(19)17-33-28(37)25-18-34-36-12-4-3-5-26(25)36)35-13-10-23(11-14-35)38-22-6-8-24(9-7-22)39-29(30,31)32/h3-9,12,15-16,18,23H,10-11,13-14,17H2,1-2H3,(H,33,37). The number of hydrogen-bond donors (Lipinski definition) is 1. The summed E-state index contributed by atoms with van der Waals surface area (Å²) in [5.74, 6) is 0.0847. The van der Waals surface area contributed by atoms with Gasteiger partial charge in [0, 0.05) is 44.4 Å². The lowest BCUT2D eigenvalue weighted by molar-refractivity contribution is -0.274. The average molecular weight is 539 g/mol. The van der Waals surface area contributed by atoms with Crippen LogP contribution >= 0.6 is 0 Å². The highest BCUT2D eigenvalue weighted by Gasteiger charge is 2.31. The first-order valence-corrected chi connectivity index (χ1v) is 12.7. The molecule has 0 atom stereocenters. The van der Waals surface area contributed by atoms with Crippen LogP contribution in [0.2, 0.25) is 0 Å². The summed E-state index contributed by atoms with van der Waals surface area (Å²) in [6, 6.07) is 15.4. The summed E-state index contributed by atoms with van der Waals surface area (Å²) in [5.41, 5.74) is 5.72. The van der Waals surface area contributed by atoms with E-state index in [2.05, 4.69) is 39.1 Å². The summed E-state index contributed by atoms with van der Waals surface area (Å²) in [6.07, 6.45) is 0.228. The number of pyridine rings is 1. The van der Waals surface area contributed by atoms with Gasteiger partial charge in [0.05, 0.1) is 17.3 Å². The summed E-state index contributed by atoms with van der Waals surface area (Å²) in [6.45, 7) is 6.12. The number of amides is 1. The third-order valence-electron chi connectivity index (χ3n) is 6.91. The molecule has 0 unspecified atom stereocenters. The summed E-state index contributed by atoms with van der Waals surface area (Å²) in [4.78, 5) is 15.1. The first-order chi connectivity index (χ1) is 18.7. The molecule has 10 heteroatoms. The Kier molecular flexibility index (Phi) is 7.36. The number of fused-ring (bicyclic) bond motifs is 1. The number of hydrogen-bond acceptors (Lipinski definition) is 5. The number of carbonyl (C=O) groups is 1. The van der Waals surface area contributed by atoms with Crippen LogP contribution in [0.25, 0.3) is 5.52 Å². The van der Waals surface area contributed by atoms with E-state index in [1.165, 1.54) is 24.3 Å². The second kappa shape index (κ2) is 10.9. The Hall–Kier alpha value is -4.21. The van der Waals surface area contributed by atoms with Gasteiger partial charge in [-0.15, -0.1) is 13.2 Å². The molecule has 0 radical (unpaired) electrons. The first kappa shape index (κ1) is 26.4. The van der Waals surface area contributed by atoms with Gasteiger partial charge in [-0.05, 0) is 73.0 Å². The molecule has 0 bridgehead atoms. The molecule has 7 nitrogen and oxygen atoms in total. The van der Waals surface area contributed by atoms with Gasteiger partial charge in [-0.2, -0.15) is 5.10 Å². The summed E-state index contributed by atoms with van der Waals surface area (Å²) in [5, 5.41) is 7.25. The van der Waals surface area contributed by atoms with E-state index in [-0.39, 0.29) is 17.8 Å². The molecule has 39 heavy (non-hydrogen) atoms. The second-order valence-electron chi connectivity index (χ2n) is 9.66. The van der Waals surface area contributed by atoms with Crippen molar-refractivity contribution in [3.63, 3.8) is 0 Å².